The quantitative estimate of drug-likeness (QED) is 0.177. The number of benzene rings is 1. The fourth-order valence-corrected chi connectivity index (χ4v) is 4.14. The number of aliphatic hydroxyl groups excluding tert-OH is 1. The van der Waals surface area contributed by atoms with Crippen molar-refractivity contribution in [2.75, 3.05) is 18.4 Å². The number of rotatable bonds is 14. The first-order valence-corrected chi connectivity index (χ1v) is 14.2. The van der Waals surface area contributed by atoms with Gasteiger partial charge in [-0.05, 0) is 87.1 Å². The number of aliphatic hydroxyl groups is 1. The molecule has 1 aromatic carbocycles. The molecule has 2 N–H and O–H groups in total. The predicted octanol–water partition coefficient (Wildman–Crippen LogP) is 8.57. The lowest BCUT2D eigenvalue weighted by Gasteiger charge is -2.40. The van der Waals surface area contributed by atoms with Crippen molar-refractivity contribution >= 4 is 11.5 Å². The molecule has 0 spiro atoms. The van der Waals surface area contributed by atoms with Gasteiger partial charge in [0.25, 0.3) is 0 Å². The van der Waals surface area contributed by atoms with Crippen molar-refractivity contribution in [3.63, 3.8) is 0 Å². The second-order valence-corrected chi connectivity index (χ2v) is 9.80. The van der Waals surface area contributed by atoms with Crippen LogP contribution in [0.4, 0.5) is 14.5 Å². The van der Waals surface area contributed by atoms with E-state index in [1.54, 1.807) is 24.3 Å². The molecule has 0 bridgehead atoms. The Morgan fingerprint density at radius 3 is 2.20 bits per heavy atom. The second-order valence-electron chi connectivity index (χ2n) is 9.80. The van der Waals surface area contributed by atoms with Gasteiger partial charge in [0.1, 0.15) is 5.75 Å². The predicted molar refractivity (Wildman–Crippen MR) is 163 cm³/mol. The molecule has 1 heterocycles. The van der Waals surface area contributed by atoms with Crippen LogP contribution in [0.5, 0.6) is 5.75 Å². The number of carbonyl (C=O) groups excluding carboxylic acids is 1. The topological polar surface area (TPSA) is 61.8 Å². The molecule has 1 aliphatic rings. The minimum absolute atomic E-state index is 0.117. The first-order chi connectivity index (χ1) is 18.9. The molecule has 0 saturated carbocycles. The van der Waals surface area contributed by atoms with E-state index in [9.17, 15) is 18.7 Å². The molecule has 0 radical (unpaired) electrons. The van der Waals surface area contributed by atoms with Crippen molar-refractivity contribution in [1.29, 1.82) is 0 Å². The second kappa shape index (κ2) is 17.5. The van der Waals surface area contributed by atoms with Gasteiger partial charge in [0, 0.05) is 49.1 Å². The number of nitrogens with one attached hydrogen (secondary N) is 1. The normalized spacial score (nSPS) is 15.4. The third-order valence-corrected chi connectivity index (χ3v) is 6.29. The highest BCUT2D eigenvalue weighted by atomic mass is 19.3. The summed E-state index contributed by atoms with van der Waals surface area (Å²) in [5.74, 6) is 0.258. The third-order valence-electron chi connectivity index (χ3n) is 6.29. The maximum Gasteiger partial charge on any atom is 0.394 e. The third kappa shape index (κ3) is 11.5. The van der Waals surface area contributed by atoms with Gasteiger partial charge in [-0.1, -0.05) is 46.4 Å². The minimum Gasteiger partial charge on any atom is -0.433 e. The average molecular weight is 559 g/mol. The van der Waals surface area contributed by atoms with Crippen molar-refractivity contribution in [1.82, 2.24) is 4.90 Å². The first kappa shape index (κ1) is 34.8. The number of nitrogens with zero attached hydrogens (tertiary/aromatic N) is 1. The largest absolute Gasteiger partial charge is 0.433 e. The highest BCUT2D eigenvalue weighted by molar-refractivity contribution is 5.88. The van der Waals surface area contributed by atoms with Gasteiger partial charge in [-0.25, -0.2) is 0 Å². The van der Waals surface area contributed by atoms with Gasteiger partial charge in [0.05, 0.1) is 6.10 Å². The summed E-state index contributed by atoms with van der Waals surface area (Å²) in [6.45, 7) is 17.7. The number of halogens is 2. The molecule has 1 saturated heterocycles. The number of likely N-dealkylation sites (tertiary alicyclic amines) is 1. The lowest BCUT2D eigenvalue weighted by Crippen LogP contribution is -2.50. The summed E-state index contributed by atoms with van der Waals surface area (Å²) < 4.78 is 31.1. The number of carbonyl (C=O) groups is 1. The Bertz CT molecular complexity index is 1070. The zero-order chi connectivity index (χ0) is 30.3. The van der Waals surface area contributed by atoms with Crippen LogP contribution in [0.1, 0.15) is 80.6 Å². The minimum atomic E-state index is -3.22. The van der Waals surface area contributed by atoms with Gasteiger partial charge in [0.15, 0.2) is 5.78 Å². The molecule has 0 amide bonds. The van der Waals surface area contributed by atoms with Gasteiger partial charge in [-0.3, -0.25) is 4.79 Å². The number of ketones is 1. The van der Waals surface area contributed by atoms with Gasteiger partial charge in [0.2, 0.25) is 0 Å². The zero-order valence-electron chi connectivity index (χ0n) is 25.3. The molecule has 1 aromatic rings. The summed E-state index contributed by atoms with van der Waals surface area (Å²) in [6.07, 6.45) is 8.39. The zero-order valence-corrected chi connectivity index (χ0v) is 25.3. The highest BCUT2D eigenvalue weighted by Gasteiger charge is 2.29. The molecule has 0 aromatic heterocycles. The Morgan fingerprint density at radius 2 is 1.80 bits per heavy atom. The Hall–Kier alpha value is -3.19. The van der Waals surface area contributed by atoms with E-state index in [1.165, 1.54) is 17.2 Å². The molecular weight excluding hydrogens is 510 g/mol. The van der Waals surface area contributed by atoms with Crippen LogP contribution in [0.3, 0.4) is 0 Å². The molecule has 7 heteroatoms. The molecule has 1 aliphatic heterocycles. The molecule has 222 valence electrons. The SMILES string of the molecule is C=CC(=O)CCC.C\C=C/C(=C(C(Nc1ccc(OC(C)(F)F)cc1)=C(C)CC)/C(=C/CC)CC)N1CC(O)C1. The molecule has 0 aliphatic carbocycles. The Morgan fingerprint density at radius 1 is 1.18 bits per heavy atom. The van der Waals surface area contributed by atoms with E-state index in [4.69, 9.17) is 0 Å². The van der Waals surface area contributed by atoms with Gasteiger partial charge in [-0.15, -0.1) is 0 Å². The standard InChI is InChI=1S/C27H38F2N2O2.C6H10O/c1-7-11-20(10-4)25(24(12-8-2)31-17-22(32)18-31)26(19(5)9-3)30-21-13-15-23(16-14-21)33-27(6,28)29;1-3-5-6(7)4-2/h8,11-16,22,30,32H,7,9-10,17-18H2,1-6H3;4H,2-3,5H2,1H3/b12-8-,20-11+,25-24+,26-19?;. The maximum absolute atomic E-state index is 13.2. The van der Waals surface area contributed by atoms with E-state index >= 15 is 0 Å². The molecular formula is C33H48F2N2O3. The van der Waals surface area contributed by atoms with Crippen LogP contribution in [-0.4, -0.2) is 41.1 Å². The van der Waals surface area contributed by atoms with E-state index in [1.807, 2.05) is 19.9 Å². The summed E-state index contributed by atoms with van der Waals surface area (Å²) in [5.41, 5.74) is 6.40. The number of anilines is 1. The van der Waals surface area contributed by atoms with Crippen LogP contribution >= 0.6 is 0 Å². The number of alkyl halides is 2. The highest BCUT2D eigenvalue weighted by Crippen LogP contribution is 2.34. The smallest absolute Gasteiger partial charge is 0.394 e. The molecule has 0 unspecified atom stereocenters. The molecule has 0 atom stereocenters. The maximum atomic E-state index is 13.2. The summed E-state index contributed by atoms with van der Waals surface area (Å²) >= 11 is 0. The fourth-order valence-electron chi connectivity index (χ4n) is 4.14. The monoisotopic (exact) mass is 558 g/mol. The van der Waals surface area contributed by atoms with Crippen molar-refractivity contribution in [3.8, 4) is 5.75 Å². The number of ether oxygens (including phenoxy) is 1. The van der Waals surface area contributed by atoms with E-state index < -0.39 is 6.11 Å². The van der Waals surface area contributed by atoms with Crippen molar-refractivity contribution < 1.29 is 23.4 Å². The average Bonchev–Trinajstić information content (AvgIpc) is 2.89. The number of allylic oxidation sites excluding steroid dienone is 6. The lowest BCUT2D eigenvalue weighted by molar-refractivity contribution is -0.158. The van der Waals surface area contributed by atoms with Crippen LogP contribution in [0.15, 0.2) is 83.3 Å². The summed E-state index contributed by atoms with van der Waals surface area (Å²) in [7, 11) is 0. The summed E-state index contributed by atoms with van der Waals surface area (Å²) in [6, 6.07) is 6.59. The van der Waals surface area contributed by atoms with E-state index in [-0.39, 0.29) is 17.6 Å². The van der Waals surface area contributed by atoms with Gasteiger partial charge in [-0.2, -0.15) is 8.78 Å². The van der Waals surface area contributed by atoms with Gasteiger partial charge < -0.3 is 20.1 Å². The van der Waals surface area contributed by atoms with Crippen LogP contribution in [0, 0.1) is 0 Å². The number of β-amino-alcohol motifs (C(OH)–C–C–N with tert-alkyl or cyclic N) is 1. The molecule has 1 fully saturated rings. The van der Waals surface area contributed by atoms with Crippen LogP contribution in [0.25, 0.3) is 0 Å². The van der Waals surface area contributed by atoms with Crippen LogP contribution in [0.2, 0.25) is 0 Å². The van der Waals surface area contributed by atoms with Crippen molar-refractivity contribution in [3.05, 3.63) is 83.3 Å². The molecule has 40 heavy (non-hydrogen) atoms. The summed E-state index contributed by atoms with van der Waals surface area (Å²) in [5, 5.41) is 13.5. The van der Waals surface area contributed by atoms with E-state index in [2.05, 4.69) is 61.4 Å². The number of hydrogen-bond acceptors (Lipinski definition) is 5. The first-order valence-electron chi connectivity index (χ1n) is 14.2. The van der Waals surface area contributed by atoms with E-state index in [0.717, 1.165) is 55.3 Å². The van der Waals surface area contributed by atoms with Crippen LogP contribution < -0.4 is 10.1 Å². The summed E-state index contributed by atoms with van der Waals surface area (Å²) in [4.78, 5) is 12.5. The fraction of sp³-hybridized carbons (Fsp3) is 0.485. The van der Waals surface area contributed by atoms with Crippen LogP contribution in [-0.2, 0) is 4.79 Å². The van der Waals surface area contributed by atoms with E-state index in [0.29, 0.717) is 19.5 Å². The van der Waals surface area contributed by atoms with Crippen molar-refractivity contribution in [2.24, 2.45) is 0 Å². The van der Waals surface area contributed by atoms with Gasteiger partial charge >= 0.3 is 6.11 Å². The molecule has 2 rings (SSSR count). The molecule has 5 nitrogen and oxygen atoms in total. The Labute approximate surface area is 240 Å². The lowest BCUT2D eigenvalue weighted by atomic mass is 9.91. The number of hydrogen-bond donors (Lipinski definition) is 2. The van der Waals surface area contributed by atoms with Crippen molar-refractivity contribution in [2.45, 2.75) is 92.8 Å². The Balaban J connectivity index is 0.00000101. The Kier molecular flexibility index (Phi) is 15.2.